The topological polar surface area (TPSA) is 70.1 Å². The number of aromatic nitrogens is 3. The zero-order valence-electron chi connectivity index (χ0n) is 20.6. The second-order valence-corrected chi connectivity index (χ2v) is 9.30. The third-order valence-corrected chi connectivity index (χ3v) is 7.34. The lowest BCUT2D eigenvalue weighted by molar-refractivity contribution is 0.101. The molecular formula is C26H33FN6O. The molecule has 1 aromatic carbocycles. The minimum Gasteiger partial charge on any atom is -0.364 e. The number of nitriles is 1. The standard InChI is InChI=1S/C26H33FN6O/c1-6-20-15-33(23-13-25(34)30(5)24-16-31(11-10-28)29-26(23)24)21(7-2)14-32(20)18(4)22-9-8-19(27)12-17(22)3/h8-9,12-13,16,18,20-21H,6-7,11,14-15H2,1-5H3/t18?,20-,21+/m1/s1. The van der Waals surface area contributed by atoms with Gasteiger partial charge < -0.3 is 9.47 Å². The van der Waals surface area contributed by atoms with Gasteiger partial charge in [0.05, 0.1) is 23.5 Å². The molecule has 1 saturated heterocycles. The van der Waals surface area contributed by atoms with Crippen LogP contribution < -0.4 is 10.5 Å². The molecular weight excluding hydrogens is 431 g/mol. The van der Waals surface area contributed by atoms with Gasteiger partial charge in [-0.05, 0) is 49.9 Å². The number of halogens is 1. The molecule has 3 heterocycles. The molecule has 7 nitrogen and oxygen atoms in total. The molecule has 34 heavy (non-hydrogen) atoms. The summed E-state index contributed by atoms with van der Waals surface area (Å²) in [4.78, 5) is 17.7. The van der Waals surface area contributed by atoms with Gasteiger partial charge >= 0.3 is 0 Å². The largest absolute Gasteiger partial charge is 0.364 e. The van der Waals surface area contributed by atoms with Crippen LogP contribution in [0, 0.1) is 24.1 Å². The summed E-state index contributed by atoms with van der Waals surface area (Å²) in [6.45, 7) is 10.3. The average Bonchev–Trinajstić information content (AvgIpc) is 3.24. The van der Waals surface area contributed by atoms with Crippen molar-refractivity contribution in [1.29, 1.82) is 5.26 Å². The summed E-state index contributed by atoms with van der Waals surface area (Å²) in [5.74, 6) is -0.206. The molecule has 0 saturated carbocycles. The van der Waals surface area contributed by atoms with Gasteiger partial charge in [0.2, 0.25) is 0 Å². The number of hydrogen-bond donors (Lipinski definition) is 0. The summed E-state index contributed by atoms with van der Waals surface area (Å²) >= 11 is 0. The molecule has 1 fully saturated rings. The van der Waals surface area contributed by atoms with E-state index in [2.05, 4.69) is 41.7 Å². The summed E-state index contributed by atoms with van der Waals surface area (Å²) in [6, 6.07) is 9.48. The van der Waals surface area contributed by atoms with Gasteiger partial charge in [0.1, 0.15) is 17.9 Å². The molecule has 1 aliphatic heterocycles. The van der Waals surface area contributed by atoms with Crippen LogP contribution in [0.1, 0.15) is 50.8 Å². The predicted molar refractivity (Wildman–Crippen MR) is 132 cm³/mol. The Morgan fingerprint density at radius 3 is 2.59 bits per heavy atom. The van der Waals surface area contributed by atoms with Gasteiger partial charge in [0, 0.05) is 44.3 Å². The lowest BCUT2D eigenvalue weighted by atomic mass is 9.94. The average molecular weight is 465 g/mol. The van der Waals surface area contributed by atoms with Crippen molar-refractivity contribution in [3.8, 4) is 6.07 Å². The third-order valence-electron chi connectivity index (χ3n) is 7.34. The fourth-order valence-electron chi connectivity index (χ4n) is 5.35. The van der Waals surface area contributed by atoms with E-state index in [-0.39, 0.29) is 36.0 Å². The van der Waals surface area contributed by atoms with Crippen molar-refractivity contribution in [2.24, 2.45) is 7.05 Å². The molecule has 1 aliphatic rings. The Morgan fingerprint density at radius 1 is 1.21 bits per heavy atom. The third kappa shape index (κ3) is 4.21. The molecule has 0 radical (unpaired) electrons. The van der Waals surface area contributed by atoms with Gasteiger partial charge in [-0.2, -0.15) is 10.4 Å². The number of nitrogens with zero attached hydrogens (tertiary/aromatic N) is 6. The van der Waals surface area contributed by atoms with Gasteiger partial charge in [-0.15, -0.1) is 0 Å². The van der Waals surface area contributed by atoms with E-state index in [0.717, 1.165) is 53.8 Å². The molecule has 2 aromatic heterocycles. The quantitative estimate of drug-likeness (QED) is 0.548. The number of fused-ring (bicyclic) bond motifs is 1. The van der Waals surface area contributed by atoms with Gasteiger partial charge in [-0.1, -0.05) is 19.9 Å². The fourth-order valence-corrected chi connectivity index (χ4v) is 5.35. The molecule has 4 rings (SSSR count). The van der Waals surface area contributed by atoms with Crippen LogP contribution in [0.3, 0.4) is 0 Å². The second kappa shape index (κ2) is 9.59. The van der Waals surface area contributed by atoms with Crippen molar-refractivity contribution in [1.82, 2.24) is 19.2 Å². The smallest absolute Gasteiger partial charge is 0.252 e. The van der Waals surface area contributed by atoms with Gasteiger partial charge in [-0.25, -0.2) is 4.39 Å². The molecule has 1 unspecified atom stereocenters. The molecule has 0 spiro atoms. The van der Waals surface area contributed by atoms with Gasteiger partial charge in [-0.3, -0.25) is 14.4 Å². The van der Waals surface area contributed by atoms with Crippen LogP contribution in [-0.2, 0) is 13.6 Å². The van der Waals surface area contributed by atoms with E-state index in [0.29, 0.717) is 0 Å². The van der Waals surface area contributed by atoms with E-state index in [9.17, 15) is 9.18 Å². The molecule has 180 valence electrons. The Bertz CT molecular complexity index is 1290. The first-order valence-corrected chi connectivity index (χ1v) is 12.0. The molecule has 0 bridgehead atoms. The number of benzene rings is 1. The summed E-state index contributed by atoms with van der Waals surface area (Å²) in [7, 11) is 1.74. The van der Waals surface area contributed by atoms with Crippen molar-refractivity contribution in [3.63, 3.8) is 0 Å². The highest BCUT2D eigenvalue weighted by molar-refractivity contribution is 5.88. The number of aryl methyl sites for hydroxylation is 2. The monoisotopic (exact) mass is 464 g/mol. The predicted octanol–water partition coefficient (Wildman–Crippen LogP) is 4.15. The summed E-state index contributed by atoms with van der Waals surface area (Å²) in [6.07, 6.45) is 3.64. The highest BCUT2D eigenvalue weighted by Crippen LogP contribution is 2.35. The number of rotatable bonds is 6. The number of anilines is 1. The SMILES string of the molecule is CC[C@H]1CN(C(C)c2ccc(F)cc2C)[C@H](CC)CN1c1cc(=O)n(C)c2cn(CC#N)nc12. The van der Waals surface area contributed by atoms with Gasteiger partial charge in [0.25, 0.3) is 5.56 Å². The molecule has 3 aromatic rings. The molecule has 0 amide bonds. The molecule has 8 heteroatoms. The highest BCUT2D eigenvalue weighted by atomic mass is 19.1. The maximum Gasteiger partial charge on any atom is 0.252 e. The van der Waals surface area contributed by atoms with Crippen LogP contribution >= 0.6 is 0 Å². The Balaban J connectivity index is 1.73. The van der Waals surface area contributed by atoms with Crippen LogP contribution in [-0.4, -0.2) is 44.4 Å². The van der Waals surface area contributed by atoms with Crippen LogP contribution in [0.5, 0.6) is 0 Å². The van der Waals surface area contributed by atoms with Gasteiger partial charge in [0.15, 0.2) is 0 Å². The van der Waals surface area contributed by atoms with E-state index in [1.165, 1.54) is 0 Å². The normalized spacial score (nSPS) is 20.0. The minimum absolute atomic E-state index is 0.0837. The van der Waals surface area contributed by atoms with Crippen LogP contribution in [0.4, 0.5) is 10.1 Å². The molecule has 0 aliphatic carbocycles. The zero-order valence-corrected chi connectivity index (χ0v) is 20.6. The maximum atomic E-state index is 13.7. The van der Waals surface area contributed by atoms with E-state index in [4.69, 9.17) is 5.26 Å². The van der Waals surface area contributed by atoms with Crippen LogP contribution in [0.15, 0.2) is 35.3 Å². The van der Waals surface area contributed by atoms with Crippen molar-refractivity contribution in [2.45, 2.75) is 65.2 Å². The van der Waals surface area contributed by atoms with Crippen LogP contribution in [0.2, 0.25) is 0 Å². The van der Waals surface area contributed by atoms with E-state index < -0.39 is 0 Å². The highest BCUT2D eigenvalue weighted by Gasteiger charge is 2.36. The van der Waals surface area contributed by atoms with Crippen molar-refractivity contribution in [2.75, 3.05) is 18.0 Å². The minimum atomic E-state index is -0.206. The van der Waals surface area contributed by atoms with E-state index in [1.807, 2.05) is 13.0 Å². The summed E-state index contributed by atoms with van der Waals surface area (Å²) in [5, 5.41) is 13.8. The Kier molecular flexibility index (Phi) is 6.76. The number of hydrogen-bond acceptors (Lipinski definition) is 5. The first kappa shape index (κ1) is 24.0. The van der Waals surface area contributed by atoms with Crippen molar-refractivity contribution in [3.05, 3.63) is 57.8 Å². The van der Waals surface area contributed by atoms with E-state index in [1.54, 1.807) is 40.7 Å². The van der Waals surface area contributed by atoms with Crippen LogP contribution in [0.25, 0.3) is 11.0 Å². The number of piperazine rings is 1. The van der Waals surface area contributed by atoms with Crippen molar-refractivity contribution >= 4 is 16.7 Å². The lowest BCUT2D eigenvalue weighted by Gasteiger charge is -2.49. The molecule has 0 N–H and O–H groups in total. The summed E-state index contributed by atoms with van der Waals surface area (Å²) < 4.78 is 16.9. The second-order valence-electron chi connectivity index (χ2n) is 9.30. The Labute approximate surface area is 200 Å². The maximum absolute atomic E-state index is 13.7. The van der Waals surface area contributed by atoms with E-state index >= 15 is 0 Å². The first-order valence-electron chi connectivity index (χ1n) is 12.0. The first-order chi connectivity index (χ1) is 16.3. The van der Waals surface area contributed by atoms with Crippen molar-refractivity contribution < 1.29 is 4.39 Å². The molecule has 3 atom stereocenters. The number of pyridine rings is 1. The fraction of sp³-hybridized carbons (Fsp3) is 0.500. The summed E-state index contributed by atoms with van der Waals surface area (Å²) in [5.41, 5.74) is 4.36. The lowest BCUT2D eigenvalue weighted by Crippen LogP contribution is -2.58. The Hall–Kier alpha value is -3.18. The zero-order chi connectivity index (χ0) is 24.6. The Morgan fingerprint density at radius 2 is 1.94 bits per heavy atom.